The fraction of sp³-hybridized carbons (Fsp3) is 0.190. The van der Waals surface area contributed by atoms with E-state index in [1.165, 1.54) is 16.6 Å². The Morgan fingerprint density at radius 2 is 2.04 bits per heavy atom. The number of hydrogen-bond donors (Lipinski definition) is 1. The van der Waals surface area contributed by atoms with Gasteiger partial charge in [-0.3, -0.25) is 4.79 Å². The molecule has 2 aromatic carbocycles. The van der Waals surface area contributed by atoms with E-state index in [2.05, 4.69) is 57.3 Å². The highest BCUT2D eigenvalue weighted by Gasteiger charge is 2.24. The second-order valence-electron chi connectivity index (χ2n) is 6.84. The molecule has 0 saturated carbocycles. The van der Waals surface area contributed by atoms with E-state index in [4.69, 9.17) is 0 Å². The van der Waals surface area contributed by atoms with Crippen molar-refractivity contribution in [1.82, 2.24) is 14.5 Å². The van der Waals surface area contributed by atoms with Crippen molar-refractivity contribution < 1.29 is 4.79 Å². The van der Waals surface area contributed by atoms with Crippen molar-refractivity contribution in [2.45, 2.75) is 19.5 Å². The van der Waals surface area contributed by atoms with Crippen LogP contribution in [0.15, 0.2) is 59.2 Å². The molecule has 1 aliphatic heterocycles. The van der Waals surface area contributed by atoms with Crippen molar-refractivity contribution in [2.75, 3.05) is 6.54 Å². The average Bonchev–Trinajstić information content (AvgIpc) is 3.22. The van der Waals surface area contributed by atoms with Crippen LogP contribution in [0.4, 0.5) is 0 Å². The molecule has 3 heterocycles. The number of carbonyl (C=O) groups excluding carboxylic acids is 1. The molecule has 1 aliphatic rings. The van der Waals surface area contributed by atoms with E-state index in [0.717, 1.165) is 33.9 Å². The van der Waals surface area contributed by atoms with E-state index in [0.29, 0.717) is 13.1 Å². The van der Waals surface area contributed by atoms with Gasteiger partial charge < -0.3 is 14.5 Å². The monoisotopic (exact) mass is 407 g/mol. The topological polar surface area (TPSA) is 41.0 Å². The first-order chi connectivity index (χ1) is 12.7. The van der Waals surface area contributed by atoms with E-state index in [1.807, 2.05) is 27.8 Å². The highest BCUT2D eigenvalue weighted by atomic mass is 79.9. The zero-order valence-electron chi connectivity index (χ0n) is 14.2. The third-order valence-corrected chi connectivity index (χ3v) is 5.77. The van der Waals surface area contributed by atoms with Crippen LogP contribution >= 0.6 is 15.9 Å². The zero-order valence-corrected chi connectivity index (χ0v) is 15.8. The molecule has 0 aliphatic carbocycles. The molecule has 0 radical (unpaired) electrons. The van der Waals surface area contributed by atoms with Gasteiger partial charge in [0.15, 0.2) is 0 Å². The number of aromatic nitrogens is 2. The lowest BCUT2D eigenvalue weighted by atomic mass is 10.0. The van der Waals surface area contributed by atoms with Crippen LogP contribution in [0.25, 0.3) is 21.8 Å². The average molecular weight is 408 g/mol. The van der Waals surface area contributed by atoms with Gasteiger partial charge in [0.1, 0.15) is 6.54 Å². The fourth-order valence-electron chi connectivity index (χ4n) is 3.92. The third kappa shape index (κ3) is 2.54. The SMILES string of the molecule is O=C(Cn1ccc2ccc(Br)cc21)N1CCc2[nH]c3ccccc3c2C1. The van der Waals surface area contributed by atoms with E-state index in [-0.39, 0.29) is 5.91 Å². The van der Waals surface area contributed by atoms with Crippen LogP contribution in [0.2, 0.25) is 0 Å². The lowest BCUT2D eigenvalue weighted by Crippen LogP contribution is -2.37. The van der Waals surface area contributed by atoms with Crippen molar-refractivity contribution in [3.05, 3.63) is 70.5 Å². The van der Waals surface area contributed by atoms with Crippen molar-refractivity contribution in [2.24, 2.45) is 0 Å². The van der Waals surface area contributed by atoms with Crippen LogP contribution in [0.5, 0.6) is 0 Å². The molecule has 5 rings (SSSR count). The van der Waals surface area contributed by atoms with Crippen LogP contribution in [-0.4, -0.2) is 26.9 Å². The molecule has 2 aromatic heterocycles. The highest BCUT2D eigenvalue weighted by Crippen LogP contribution is 2.28. The molecule has 0 unspecified atom stereocenters. The predicted molar refractivity (Wildman–Crippen MR) is 107 cm³/mol. The minimum absolute atomic E-state index is 0.165. The summed E-state index contributed by atoms with van der Waals surface area (Å²) in [6.07, 6.45) is 2.88. The van der Waals surface area contributed by atoms with Gasteiger partial charge in [-0.2, -0.15) is 0 Å². The summed E-state index contributed by atoms with van der Waals surface area (Å²) in [5.41, 5.74) is 4.77. The molecule has 26 heavy (non-hydrogen) atoms. The second-order valence-corrected chi connectivity index (χ2v) is 7.76. The summed E-state index contributed by atoms with van der Waals surface area (Å²) < 4.78 is 3.06. The van der Waals surface area contributed by atoms with Crippen LogP contribution in [0.3, 0.4) is 0 Å². The Balaban J connectivity index is 1.42. The van der Waals surface area contributed by atoms with Gasteiger partial charge in [0.25, 0.3) is 0 Å². The number of rotatable bonds is 2. The predicted octanol–water partition coefficient (Wildman–Crippen LogP) is 4.47. The van der Waals surface area contributed by atoms with Gasteiger partial charge in [0.05, 0.1) is 0 Å². The molecule has 0 bridgehead atoms. The fourth-order valence-corrected chi connectivity index (χ4v) is 4.27. The van der Waals surface area contributed by atoms with E-state index < -0.39 is 0 Å². The standard InChI is InChI=1S/C21H18BrN3O/c22-15-6-5-14-7-9-24(20(14)11-15)13-21(26)25-10-8-19-17(12-25)16-3-1-2-4-18(16)23-19/h1-7,9,11,23H,8,10,12-13H2. The molecule has 0 spiro atoms. The van der Waals surface area contributed by atoms with Crippen molar-refractivity contribution >= 4 is 43.6 Å². The summed E-state index contributed by atoms with van der Waals surface area (Å²) >= 11 is 3.52. The van der Waals surface area contributed by atoms with Crippen LogP contribution in [0, 0.1) is 0 Å². The van der Waals surface area contributed by atoms with Gasteiger partial charge in [-0.1, -0.05) is 40.2 Å². The van der Waals surface area contributed by atoms with Gasteiger partial charge in [-0.25, -0.2) is 0 Å². The number of amides is 1. The molecule has 0 fully saturated rings. The minimum atomic E-state index is 0.165. The van der Waals surface area contributed by atoms with Crippen molar-refractivity contribution in [3.63, 3.8) is 0 Å². The maximum Gasteiger partial charge on any atom is 0.242 e. The Bertz CT molecular complexity index is 1140. The number of halogens is 1. The van der Waals surface area contributed by atoms with Crippen molar-refractivity contribution in [1.29, 1.82) is 0 Å². The molecule has 4 aromatic rings. The van der Waals surface area contributed by atoms with Gasteiger partial charge in [0.2, 0.25) is 5.91 Å². The number of para-hydroxylation sites is 1. The van der Waals surface area contributed by atoms with E-state index in [1.54, 1.807) is 0 Å². The molecule has 5 heteroatoms. The molecular weight excluding hydrogens is 390 g/mol. The molecule has 1 N–H and O–H groups in total. The summed E-state index contributed by atoms with van der Waals surface area (Å²) in [5.74, 6) is 0.165. The zero-order chi connectivity index (χ0) is 17.7. The number of nitrogens with zero attached hydrogens (tertiary/aromatic N) is 2. The smallest absolute Gasteiger partial charge is 0.242 e. The van der Waals surface area contributed by atoms with Gasteiger partial charge in [-0.15, -0.1) is 0 Å². The summed E-state index contributed by atoms with van der Waals surface area (Å²) in [4.78, 5) is 18.4. The molecule has 4 nitrogen and oxygen atoms in total. The number of nitrogens with one attached hydrogen (secondary N) is 1. The second kappa shape index (κ2) is 6.02. The summed E-state index contributed by atoms with van der Waals surface area (Å²) in [6, 6.07) is 16.6. The largest absolute Gasteiger partial charge is 0.358 e. The molecule has 130 valence electrons. The number of fused-ring (bicyclic) bond motifs is 4. The number of benzene rings is 2. The number of H-pyrrole nitrogens is 1. The Labute approximate surface area is 159 Å². The first-order valence-electron chi connectivity index (χ1n) is 8.80. The minimum Gasteiger partial charge on any atom is -0.358 e. The number of hydrogen-bond acceptors (Lipinski definition) is 1. The normalized spacial score (nSPS) is 14.1. The van der Waals surface area contributed by atoms with E-state index >= 15 is 0 Å². The Morgan fingerprint density at radius 3 is 2.96 bits per heavy atom. The Hall–Kier alpha value is -2.53. The molecule has 0 atom stereocenters. The number of aromatic amines is 1. The van der Waals surface area contributed by atoms with Gasteiger partial charge in [-0.05, 0) is 29.7 Å². The summed E-state index contributed by atoms with van der Waals surface area (Å²) in [6.45, 7) is 1.82. The third-order valence-electron chi connectivity index (χ3n) is 5.28. The maximum atomic E-state index is 12.9. The van der Waals surface area contributed by atoms with Crippen LogP contribution in [-0.2, 0) is 24.3 Å². The Morgan fingerprint density at radius 1 is 1.15 bits per heavy atom. The molecular formula is C21H18BrN3O. The van der Waals surface area contributed by atoms with Crippen LogP contribution in [0.1, 0.15) is 11.3 Å². The maximum absolute atomic E-state index is 12.9. The van der Waals surface area contributed by atoms with Gasteiger partial charge in [0, 0.05) is 57.9 Å². The summed E-state index contributed by atoms with van der Waals surface area (Å²) in [5, 5.41) is 2.38. The first kappa shape index (κ1) is 15.7. The first-order valence-corrected chi connectivity index (χ1v) is 9.59. The van der Waals surface area contributed by atoms with E-state index in [9.17, 15) is 4.79 Å². The van der Waals surface area contributed by atoms with Crippen LogP contribution < -0.4 is 0 Å². The number of carbonyl (C=O) groups is 1. The Kier molecular flexibility index (Phi) is 3.64. The lowest BCUT2D eigenvalue weighted by Gasteiger charge is -2.27. The lowest BCUT2D eigenvalue weighted by molar-refractivity contribution is -0.132. The molecule has 1 amide bonds. The van der Waals surface area contributed by atoms with Crippen molar-refractivity contribution in [3.8, 4) is 0 Å². The van der Waals surface area contributed by atoms with Gasteiger partial charge >= 0.3 is 0 Å². The highest BCUT2D eigenvalue weighted by molar-refractivity contribution is 9.10. The molecule has 0 saturated heterocycles. The quantitative estimate of drug-likeness (QED) is 0.523. The summed E-state index contributed by atoms with van der Waals surface area (Å²) in [7, 11) is 0.